The second-order valence-electron chi connectivity index (χ2n) is 19.7. The fraction of sp³-hybridized carbons (Fsp3) is 0.167. The Bertz CT molecular complexity index is 3600. The van der Waals surface area contributed by atoms with Gasteiger partial charge in [0.1, 0.15) is 12.1 Å². The monoisotopic (exact) mass is 1180 g/mol. The second kappa shape index (κ2) is 26.5. The van der Waals surface area contributed by atoms with E-state index in [-0.39, 0.29) is 61.5 Å². The summed E-state index contributed by atoms with van der Waals surface area (Å²) >= 11 is 11.9. The minimum atomic E-state index is -1.12. The average Bonchev–Trinajstić information content (AvgIpc) is 4.41. The molecule has 22 nitrogen and oxygen atoms in total. The van der Waals surface area contributed by atoms with Gasteiger partial charge in [-0.05, 0) is 130 Å². The number of ether oxygens (including phenoxy) is 2. The Hall–Kier alpha value is -9.68. The van der Waals surface area contributed by atoms with Crippen molar-refractivity contribution < 1.29 is 58.8 Å². The lowest BCUT2D eigenvalue weighted by Crippen LogP contribution is -2.32. The van der Waals surface area contributed by atoms with Gasteiger partial charge in [0.2, 0.25) is 0 Å². The maximum absolute atomic E-state index is 13.6. The summed E-state index contributed by atoms with van der Waals surface area (Å²) in [5.74, 6) is -3.38. The Morgan fingerprint density at radius 1 is 0.536 bits per heavy atom. The molecule has 8 amide bonds. The number of anilines is 2. The number of hydrogen-bond acceptors (Lipinski definition) is 12. The normalized spacial score (nSPS) is 15.5. The highest BCUT2D eigenvalue weighted by molar-refractivity contribution is 6.31. The van der Waals surface area contributed by atoms with Crippen molar-refractivity contribution in [3.8, 4) is 0 Å². The van der Waals surface area contributed by atoms with Gasteiger partial charge in [-0.25, -0.2) is 19.2 Å². The first-order chi connectivity index (χ1) is 39.5. The van der Waals surface area contributed by atoms with Crippen molar-refractivity contribution in [3.05, 3.63) is 213 Å². The zero-order chi connectivity index (χ0) is 57.6. The number of amides is 8. The Kier molecular flexibility index (Phi) is 19.1. The van der Waals surface area contributed by atoms with Crippen LogP contribution < -0.4 is 32.7 Å². The number of carbonyl (C=O) groups excluding carboxylic acids is 8. The number of esters is 2. The summed E-state index contributed by atoms with van der Waals surface area (Å²) < 4.78 is 10.8. The SMILES string of the molecule is NC(Cc1c[nH]c2ccc(CC3NC(=O)N(Cc4cccc(C(=O)Nc5ccc(Cl)cc5)c4)C3=O)cc12)OC(=O)/C=C\C(=O)OC(N)Cc1c[nH]c2ccc(CC3NC(=O)N(Cc4cccc(C(=O)Nc5ccc(Cl)cc5)c4)C3=O)cc12.O.O. The van der Waals surface area contributed by atoms with E-state index < -0.39 is 60.4 Å². The van der Waals surface area contributed by atoms with Crippen LogP contribution in [-0.2, 0) is 67.4 Å². The van der Waals surface area contributed by atoms with Crippen molar-refractivity contribution in [1.82, 2.24) is 30.4 Å². The molecule has 24 heteroatoms. The van der Waals surface area contributed by atoms with Gasteiger partial charge < -0.3 is 51.7 Å². The van der Waals surface area contributed by atoms with Crippen molar-refractivity contribution >= 4 is 104 Å². The van der Waals surface area contributed by atoms with Gasteiger partial charge in [-0.2, -0.15) is 0 Å². The number of fused-ring (bicyclic) bond motifs is 2. The lowest BCUT2D eigenvalue weighted by atomic mass is 10.0. The van der Waals surface area contributed by atoms with Crippen LogP contribution >= 0.6 is 23.2 Å². The molecular weight excluding hydrogens is 1120 g/mol. The predicted octanol–water partition coefficient (Wildman–Crippen LogP) is 6.13. The molecule has 84 heavy (non-hydrogen) atoms. The third-order valence-electron chi connectivity index (χ3n) is 13.8. The minimum absolute atomic E-state index is 0. The first-order valence-corrected chi connectivity index (χ1v) is 26.6. The first-order valence-electron chi connectivity index (χ1n) is 25.8. The van der Waals surface area contributed by atoms with E-state index in [1.807, 2.05) is 36.4 Å². The van der Waals surface area contributed by atoms with Crippen LogP contribution in [0.1, 0.15) is 54.1 Å². The zero-order valence-electron chi connectivity index (χ0n) is 44.5. The number of imide groups is 2. The van der Waals surface area contributed by atoms with E-state index in [1.54, 1.807) is 109 Å². The fourth-order valence-electron chi connectivity index (χ4n) is 9.73. The molecule has 4 atom stereocenters. The van der Waals surface area contributed by atoms with Gasteiger partial charge in [-0.1, -0.05) is 59.6 Å². The summed E-state index contributed by atoms with van der Waals surface area (Å²) in [4.78, 5) is 113. The van der Waals surface area contributed by atoms with Crippen LogP contribution in [0, 0.1) is 0 Å². The van der Waals surface area contributed by atoms with Gasteiger partial charge in [-0.3, -0.25) is 40.4 Å². The van der Waals surface area contributed by atoms with Crippen LogP contribution in [0.5, 0.6) is 0 Å². The number of nitrogens with one attached hydrogen (secondary N) is 6. The Morgan fingerprint density at radius 2 is 0.929 bits per heavy atom. The highest BCUT2D eigenvalue weighted by atomic mass is 35.5. The van der Waals surface area contributed by atoms with Gasteiger partial charge in [0.25, 0.3) is 23.6 Å². The standard InChI is InChI=1S/C60H52Cl2N10O10.2H2O/c61-41-9-13-43(14-10-41)67-55(75)37-5-1-3-35(21-37)31-71-57(77)49(69-59(71)79)25-33-7-17-47-45(23-33)39(29-65-47)27-51(63)81-53(73)19-20-54(74)82-52(64)28-40-30-66-48-18-8-34(24-46(40)48)26-50-58(78)72(60(80)70-50)32-36-4-2-6-38(22-36)56(76)68-44-15-11-42(62)12-16-44;;/h1-24,29-30,49-52,65-66H,25-28,31-32,63-64H2,(H,67,75)(H,68,76)(H,69,79)(H,70,80);2*1H2/b20-19-;;. The minimum Gasteiger partial charge on any atom is -0.443 e. The van der Waals surface area contributed by atoms with E-state index in [0.29, 0.717) is 54.8 Å². The number of nitrogens with two attached hydrogens (primary N) is 2. The Morgan fingerprint density at radius 3 is 1.32 bits per heavy atom. The van der Waals surface area contributed by atoms with Crippen LogP contribution in [0.4, 0.5) is 21.0 Å². The summed E-state index contributed by atoms with van der Waals surface area (Å²) in [6, 6.07) is 34.9. The first kappa shape index (κ1) is 60.4. The quantitative estimate of drug-likeness (QED) is 0.0185. The summed E-state index contributed by atoms with van der Waals surface area (Å²) in [6.45, 7) is -0.0918. The van der Waals surface area contributed by atoms with Gasteiger partial charge in [0, 0.05) is 105 Å². The molecule has 14 N–H and O–H groups in total. The number of nitrogens with zero attached hydrogens (tertiary/aromatic N) is 2. The molecule has 0 aliphatic carbocycles. The van der Waals surface area contributed by atoms with E-state index >= 15 is 0 Å². The van der Waals surface area contributed by atoms with Crippen molar-refractivity contribution in [2.24, 2.45) is 11.5 Å². The smallest absolute Gasteiger partial charge is 0.332 e. The zero-order valence-corrected chi connectivity index (χ0v) is 46.0. The van der Waals surface area contributed by atoms with Crippen LogP contribution in [0.15, 0.2) is 158 Å². The molecule has 0 spiro atoms. The van der Waals surface area contributed by atoms with E-state index in [9.17, 15) is 38.4 Å². The Balaban J connectivity index is 0.00000460. The van der Waals surface area contributed by atoms with E-state index in [4.69, 9.17) is 44.1 Å². The largest absolute Gasteiger partial charge is 0.443 e. The lowest BCUT2D eigenvalue weighted by Gasteiger charge is -2.14. The number of hydrogen-bond donors (Lipinski definition) is 8. The van der Waals surface area contributed by atoms with Crippen LogP contribution in [0.25, 0.3) is 21.8 Å². The highest BCUT2D eigenvalue weighted by Crippen LogP contribution is 2.27. The maximum Gasteiger partial charge on any atom is 0.332 e. The fourth-order valence-corrected chi connectivity index (χ4v) is 9.99. The Labute approximate surface area is 489 Å². The number of urea groups is 2. The van der Waals surface area contributed by atoms with Gasteiger partial charge >= 0.3 is 24.0 Å². The van der Waals surface area contributed by atoms with Crippen LogP contribution in [-0.4, -0.2) is 103 Å². The summed E-state index contributed by atoms with van der Waals surface area (Å²) in [6.07, 6.45) is 3.51. The molecule has 10 rings (SSSR count). The average molecular weight is 1180 g/mol. The molecule has 2 aromatic heterocycles. The number of aromatic amines is 2. The van der Waals surface area contributed by atoms with Crippen LogP contribution in [0.2, 0.25) is 10.0 Å². The topological polar surface area (TPSA) is 356 Å². The molecule has 2 aliphatic rings. The molecule has 0 saturated carbocycles. The molecule has 2 saturated heterocycles. The number of aromatic nitrogens is 2. The summed E-state index contributed by atoms with van der Waals surface area (Å²) in [5, 5.41) is 13.7. The van der Waals surface area contributed by atoms with Crippen LogP contribution in [0.3, 0.4) is 0 Å². The summed E-state index contributed by atoms with van der Waals surface area (Å²) in [7, 11) is 0. The molecule has 8 aromatic rings. The molecule has 2 fully saturated rings. The van der Waals surface area contributed by atoms with Gasteiger partial charge in [-0.15, -0.1) is 0 Å². The van der Waals surface area contributed by atoms with Gasteiger partial charge in [0.05, 0.1) is 13.1 Å². The number of rotatable bonds is 20. The molecule has 2 aliphatic heterocycles. The number of halogens is 2. The predicted molar refractivity (Wildman–Crippen MR) is 313 cm³/mol. The van der Waals surface area contributed by atoms with E-state index in [0.717, 1.165) is 54.9 Å². The van der Waals surface area contributed by atoms with E-state index in [2.05, 4.69) is 31.2 Å². The van der Waals surface area contributed by atoms with Crippen molar-refractivity contribution in [2.75, 3.05) is 10.6 Å². The lowest BCUT2D eigenvalue weighted by molar-refractivity contribution is -0.145. The molecule has 0 radical (unpaired) electrons. The third-order valence-corrected chi connectivity index (χ3v) is 14.3. The summed E-state index contributed by atoms with van der Waals surface area (Å²) in [5.41, 5.74) is 19.9. The molecule has 4 unspecified atom stereocenters. The molecule has 432 valence electrons. The highest BCUT2D eigenvalue weighted by Gasteiger charge is 2.39. The molecule has 6 aromatic carbocycles. The van der Waals surface area contributed by atoms with Crippen molar-refractivity contribution in [2.45, 2.75) is 63.3 Å². The third kappa shape index (κ3) is 14.5. The van der Waals surface area contributed by atoms with E-state index in [1.165, 1.54) is 0 Å². The maximum atomic E-state index is 13.6. The number of carbonyl (C=O) groups is 8. The molecular formula is C60H56Cl2N10O12. The number of H-pyrrole nitrogens is 2. The molecule has 4 heterocycles. The molecule has 0 bridgehead atoms. The van der Waals surface area contributed by atoms with Crippen molar-refractivity contribution in [3.63, 3.8) is 0 Å². The second-order valence-corrected chi connectivity index (χ2v) is 20.5. The van der Waals surface area contributed by atoms with Gasteiger partial charge in [0.15, 0.2) is 12.5 Å². The number of benzene rings is 6. The van der Waals surface area contributed by atoms with Crippen molar-refractivity contribution in [1.29, 1.82) is 0 Å².